The fraction of sp³-hybridized carbons (Fsp3) is 0. The van der Waals surface area contributed by atoms with Crippen molar-refractivity contribution in [3.63, 3.8) is 0 Å². The fourth-order valence-electron chi connectivity index (χ4n) is 0.988. The Morgan fingerprint density at radius 2 is 2.38 bits per heavy atom. The van der Waals surface area contributed by atoms with Crippen molar-refractivity contribution in [3.05, 3.63) is 29.5 Å². The maximum absolute atomic E-state index is 10.6. The van der Waals surface area contributed by atoms with Gasteiger partial charge in [0, 0.05) is 0 Å². The Balaban J connectivity index is 2.39. The van der Waals surface area contributed by atoms with Crippen molar-refractivity contribution < 1.29 is 9.90 Å². The number of aromatic amines is 1. The average Bonchev–Trinajstić information content (AvgIpc) is 2.75. The molecule has 5 heteroatoms. The van der Waals surface area contributed by atoms with Crippen molar-refractivity contribution in [2.24, 2.45) is 0 Å². The van der Waals surface area contributed by atoms with Crippen LogP contribution in [0.25, 0.3) is 10.6 Å². The number of carboxylic acid groups (broad SMARTS) is 1. The van der Waals surface area contributed by atoms with E-state index in [1.54, 1.807) is 24.7 Å². The topological polar surface area (TPSA) is 66.0 Å². The molecule has 0 aliphatic carbocycles. The number of aromatic carboxylic acids is 1. The number of hydrogen-bond donors (Lipinski definition) is 2. The number of carbonyl (C=O) groups is 1. The summed E-state index contributed by atoms with van der Waals surface area (Å²) in [5, 5.41) is 8.68. The summed E-state index contributed by atoms with van der Waals surface area (Å²) >= 11 is 1.23. The predicted molar refractivity (Wildman–Crippen MR) is 48.9 cm³/mol. The second-order valence-electron chi connectivity index (χ2n) is 2.43. The molecule has 0 aromatic carbocycles. The van der Waals surface area contributed by atoms with Gasteiger partial charge in [-0.15, -0.1) is 11.3 Å². The van der Waals surface area contributed by atoms with Crippen LogP contribution in [-0.4, -0.2) is 21.0 Å². The average molecular weight is 194 g/mol. The summed E-state index contributed by atoms with van der Waals surface area (Å²) in [6.45, 7) is 0. The second-order valence-corrected chi connectivity index (χ2v) is 3.52. The third-order valence-corrected chi connectivity index (χ3v) is 2.69. The molecule has 66 valence electrons. The first kappa shape index (κ1) is 8.00. The van der Waals surface area contributed by atoms with E-state index in [4.69, 9.17) is 5.11 Å². The summed E-state index contributed by atoms with van der Waals surface area (Å²) in [5.41, 5.74) is 0.845. The molecule has 2 aromatic heterocycles. The Morgan fingerprint density at radius 3 is 2.92 bits per heavy atom. The highest BCUT2D eigenvalue weighted by Crippen LogP contribution is 2.25. The molecule has 0 saturated carbocycles. The number of thiophene rings is 1. The number of aromatic nitrogens is 2. The van der Waals surface area contributed by atoms with Gasteiger partial charge in [0.15, 0.2) is 0 Å². The summed E-state index contributed by atoms with van der Waals surface area (Å²) in [5.74, 6) is -0.893. The summed E-state index contributed by atoms with van der Waals surface area (Å²) < 4.78 is 0. The molecule has 0 aliphatic rings. The van der Waals surface area contributed by atoms with Crippen molar-refractivity contribution in [3.8, 4) is 10.6 Å². The van der Waals surface area contributed by atoms with E-state index in [0.29, 0.717) is 4.88 Å². The van der Waals surface area contributed by atoms with Gasteiger partial charge in [-0.05, 0) is 12.1 Å². The molecule has 2 heterocycles. The Bertz CT molecular complexity index is 419. The van der Waals surface area contributed by atoms with Crippen LogP contribution in [0.1, 0.15) is 9.67 Å². The lowest BCUT2D eigenvalue weighted by atomic mass is 10.3. The van der Waals surface area contributed by atoms with E-state index in [-0.39, 0.29) is 0 Å². The van der Waals surface area contributed by atoms with Gasteiger partial charge in [-0.25, -0.2) is 9.78 Å². The van der Waals surface area contributed by atoms with E-state index in [9.17, 15) is 4.79 Å². The van der Waals surface area contributed by atoms with Gasteiger partial charge >= 0.3 is 5.97 Å². The van der Waals surface area contributed by atoms with Crippen LogP contribution in [0.3, 0.4) is 0 Å². The Hall–Kier alpha value is -1.62. The summed E-state index contributed by atoms with van der Waals surface area (Å²) in [4.78, 5) is 18.6. The molecule has 4 nitrogen and oxygen atoms in total. The molecule has 0 amide bonds. The van der Waals surface area contributed by atoms with Crippen LogP contribution >= 0.6 is 11.3 Å². The molecule has 0 atom stereocenters. The van der Waals surface area contributed by atoms with Crippen LogP contribution < -0.4 is 0 Å². The van der Waals surface area contributed by atoms with Crippen molar-refractivity contribution in [1.29, 1.82) is 0 Å². The molecule has 2 N–H and O–H groups in total. The highest BCUT2D eigenvalue weighted by molar-refractivity contribution is 7.17. The van der Waals surface area contributed by atoms with Gasteiger partial charge in [0.05, 0.1) is 23.1 Å². The molecule has 2 rings (SSSR count). The molecular weight excluding hydrogens is 188 g/mol. The molecule has 0 radical (unpaired) electrons. The van der Waals surface area contributed by atoms with E-state index >= 15 is 0 Å². The predicted octanol–water partition coefficient (Wildman–Crippen LogP) is 1.84. The highest BCUT2D eigenvalue weighted by atomic mass is 32.1. The number of rotatable bonds is 2. The zero-order valence-electron chi connectivity index (χ0n) is 6.52. The molecular formula is C8H6N2O2S. The maximum atomic E-state index is 10.6. The minimum Gasteiger partial charge on any atom is -0.477 e. The highest BCUT2D eigenvalue weighted by Gasteiger charge is 2.08. The summed E-state index contributed by atoms with van der Waals surface area (Å²) in [6, 6.07) is 3.35. The Labute approximate surface area is 77.9 Å². The van der Waals surface area contributed by atoms with Crippen LogP contribution in [0.4, 0.5) is 0 Å². The lowest BCUT2D eigenvalue weighted by Gasteiger charge is -1.87. The molecule has 0 bridgehead atoms. The summed E-state index contributed by atoms with van der Waals surface area (Å²) in [6.07, 6.45) is 3.23. The van der Waals surface area contributed by atoms with Crippen LogP contribution in [0, 0.1) is 0 Å². The molecule has 0 saturated heterocycles. The normalized spacial score (nSPS) is 10.2. The minimum absolute atomic E-state index is 0.338. The lowest BCUT2D eigenvalue weighted by Crippen LogP contribution is -1.89. The number of hydrogen-bond acceptors (Lipinski definition) is 3. The second kappa shape index (κ2) is 3.02. The van der Waals surface area contributed by atoms with Crippen LogP contribution in [0.2, 0.25) is 0 Å². The van der Waals surface area contributed by atoms with Gasteiger partial charge < -0.3 is 10.1 Å². The number of imidazole rings is 1. The lowest BCUT2D eigenvalue weighted by molar-refractivity contribution is 0.0702. The first-order valence-electron chi connectivity index (χ1n) is 3.59. The largest absolute Gasteiger partial charge is 0.477 e. The molecule has 0 aliphatic heterocycles. The van der Waals surface area contributed by atoms with E-state index in [1.807, 2.05) is 0 Å². The number of H-pyrrole nitrogens is 1. The first-order chi connectivity index (χ1) is 6.27. The number of nitrogens with one attached hydrogen (secondary N) is 1. The quantitative estimate of drug-likeness (QED) is 0.766. The zero-order chi connectivity index (χ0) is 9.26. The van der Waals surface area contributed by atoms with Gasteiger partial charge in [0.25, 0.3) is 0 Å². The van der Waals surface area contributed by atoms with Crippen molar-refractivity contribution >= 4 is 17.3 Å². The third kappa shape index (κ3) is 1.46. The van der Waals surface area contributed by atoms with Crippen LogP contribution in [0.15, 0.2) is 24.7 Å². The first-order valence-corrected chi connectivity index (χ1v) is 4.41. The minimum atomic E-state index is -0.893. The van der Waals surface area contributed by atoms with Crippen molar-refractivity contribution in [2.45, 2.75) is 0 Å². The van der Waals surface area contributed by atoms with Crippen molar-refractivity contribution in [2.75, 3.05) is 0 Å². The molecule has 13 heavy (non-hydrogen) atoms. The van der Waals surface area contributed by atoms with Crippen molar-refractivity contribution in [1.82, 2.24) is 9.97 Å². The molecule has 0 spiro atoms. The van der Waals surface area contributed by atoms with Gasteiger partial charge in [0.2, 0.25) is 0 Å². The number of carboxylic acids is 1. The molecule has 2 aromatic rings. The Morgan fingerprint density at radius 1 is 1.54 bits per heavy atom. The zero-order valence-corrected chi connectivity index (χ0v) is 7.34. The van der Waals surface area contributed by atoms with E-state index in [1.165, 1.54) is 11.3 Å². The summed E-state index contributed by atoms with van der Waals surface area (Å²) in [7, 11) is 0. The maximum Gasteiger partial charge on any atom is 0.345 e. The smallest absolute Gasteiger partial charge is 0.345 e. The fourth-order valence-corrected chi connectivity index (χ4v) is 1.81. The monoisotopic (exact) mass is 194 g/mol. The van der Waals surface area contributed by atoms with Crippen LogP contribution in [0.5, 0.6) is 0 Å². The van der Waals surface area contributed by atoms with E-state index < -0.39 is 5.97 Å². The van der Waals surface area contributed by atoms with Gasteiger partial charge in [-0.3, -0.25) is 0 Å². The van der Waals surface area contributed by atoms with Crippen LogP contribution in [-0.2, 0) is 0 Å². The standard InChI is InChI=1S/C8H6N2O2S/c11-8(12)7-2-1-6(13-7)5-3-9-4-10-5/h1-4H,(H,9,10)(H,11,12). The van der Waals surface area contributed by atoms with E-state index in [0.717, 1.165) is 10.6 Å². The van der Waals surface area contributed by atoms with E-state index in [2.05, 4.69) is 9.97 Å². The molecule has 0 unspecified atom stereocenters. The number of nitrogens with zero attached hydrogens (tertiary/aromatic N) is 1. The van der Waals surface area contributed by atoms with Gasteiger partial charge in [0.1, 0.15) is 4.88 Å². The SMILES string of the molecule is O=C(O)c1ccc(-c2cnc[nH]2)s1. The Kier molecular flexibility index (Phi) is 1.86. The molecule has 0 fully saturated rings. The van der Waals surface area contributed by atoms with Gasteiger partial charge in [-0.2, -0.15) is 0 Å². The third-order valence-electron chi connectivity index (χ3n) is 1.58. The van der Waals surface area contributed by atoms with Gasteiger partial charge in [-0.1, -0.05) is 0 Å².